The van der Waals surface area contributed by atoms with Crippen LogP contribution in [0.25, 0.3) is 10.9 Å². The molecule has 7 nitrogen and oxygen atoms in total. The van der Waals surface area contributed by atoms with Crippen LogP contribution in [0.2, 0.25) is 0 Å². The van der Waals surface area contributed by atoms with E-state index in [9.17, 15) is 4.79 Å². The van der Waals surface area contributed by atoms with Crippen molar-refractivity contribution < 1.29 is 4.90 Å². The highest BCUT2D eigenvalue weighted by molar-refractivity contribution is 5.80. The lowest BCUT2D eigenvalue weighted by Crippen LogP contribution is -3.10. The van der Waals surface area contributed by atoms with E-state index in [2.05, 4.69) is 52.6 Å². The van der Waals surface area contributed by atoms with E-state index in [1.54, 1.807) is 0 Å². The van der Waals surface area contributed by atoms with Crippen LogP contribution in [0, 0.1) is 13.8 Å². The van der Waals surface area contributed by atoms with Gasteiger partial charge in [-0.15, -0.1) is 5.10 Å². The quantitative estimate of drug-likeness (QED) is 0.522. The molecule has 5 rings (SSSR count). The topological polar surface area (TPSA) is 80.9 Å². The Kier molecular flexibility index (Phi) is 5.11. The number of hydrogen-bond donors (Lipinski definition) is 2. The average molecular weight is 416 g/mol. The van der Waals surface area contributed by atoms with Gasteiger partial charge in [-0.25, -0.2) is 4.68 Å². The number of likely N-dealkylation sites (tertiary alicyclic amines) is 1. The van der Waals surface area contributed by atoms with Crippen molar-refractivity contribution in [3.05, 3.63) is 87.0 Å². The third-order valence-electron chi connectivity index (χ3n) is 6.45. The zero-order chi connectivity index (χ0) is 21.4. The van der Waals surface area contributed by atoms with Crippen molar-refractivity contribution in [1.82, 2.24) is 25.2 Å². The Balaban J connectivity index is 1.63. The number of tetrazole rings is 1. The number of aryl methyl sites for hydroxylation is 2. The molecule has 158 valence electrons. The summed E-state index contributed by atoms with van der Waals surface area (Å²) in [5, 5.41) is 13.7. The summed E-state index contributed by atoms with van der Waals surface area (Å²) in [6, 6.07) is 16.2. The summed E-state index contributed by atoms with van der Waals surface area (Å²) in [6.45, 7) is 6.76. The molecule has 0 spiro atoms. The van der Waals surface area contributed by atoms with Gasteiger partial charge in [-0.1, -0.05) is 30.3 Å². The lowest BCUT2D eigenvalue weighted by Gasteiger charge is -2.23. The molecule has 3 heterocycles. The zero-order valence-electron chi connectivity index (χ0n) is 17.9. The van der Waals surface area contributed by atoms with Crippen molar-refractivity contribution in [2.75, 3.05) is 13.1 Å². The van der Waals surface area contributed by atoms with E-state index in [4.69, 9.17) is 0 Å². The average Bonchev–Trinajstić information content (AvgIpc) is 3.44. The SMILES string of the molecule is Cc1cc2cc([C@H](c3nnnn3Cc3ccccc3)[NH+]3CCCC3)c(=O)[nH]c2cc1C. The van der Waals surface area contributed by atoms with Gasteiger partial charge in [-0.05, 0) is 64.5 Å². The summed E-state index contributed by atoms with van der Waals surface area (Å²) >= 11 is 0. The second-order valence-electron chi connectivity index (χ2n) is 8.56. The first kappa shape index (κ1) is 19.6. The highest BCUT2D eigenvalue weighted by atomic mass is 16.1. The van der Waals surface area contributed by atoms with Crippen LogP contribution in [0.5, 0.6) is 0 Å². The Bertz CT molecular complexity index is 1270. The van der Waals surface area contributed by atoms with Crippen molar-refractivity contribution in [3.8, 4) is 0 Å². The van der Waals surface area contributed by atoms with Gasteiger partial charge in [0.15, 0.2) is 6.04 Å². The maximum absolute atomic E-state index is 13.2. The molecule has 2 aromatic carbocycles. The first-order valence-electron chi connectivity index (χ1n) is 10.9. The Labute approximate surface area is 180 Å². The number of benzene rings is 2. The molecule has 2 N–H and O–H groups in total. The molecule has 7 heteroatoms. The van der Waals surface area contributed by atoms with Crippen LogP contribution in [-0.4, -0.2) is 38.3 Å². The van der Waals surface area contributed by atoms with E-state index in [0.29, 0.717) is 6.54 Å². The molecular weight excluding hydrogens is 388 g/mol. The van der Waals surface area contributed by atoms with E-state index in [0.717, 1.165) is 53.8 Å². The second kappa shape index (κ2) is 8.07. The fourth-order valence-corrected chi connectivity index (χ4v) is 4.65. The minimum Gasteiger partial charge on any atom is -0.322 e. The molecule has 0 amide bonds. The van der Waals surface area contributed by atoms with E-state index < -0.39 is 0 Å². The smallest absolute Gasteiger partial charge is 0.258 e. The molecular formula is C24H27N6O+. The summed E-state index contributed by atoms with van der Waals surface area (Å²) in [6.07, 6.45) is 2.30. The summed E-state index contributed by atoms with van der Waals surface area (Å²) in [7, 11) is 0. The number of nitrogens with one attached hydrogen (secondary N) is 2. The molecule has 1 atom stereocenters. The Morgan fingerprint density at radius 2 is 1.81 bits per heavy atom. The van der Waals surface area contributed by atoms with Gasteiger partial charge in [0, 0.05) is 18.4 Å². The van der Waals surface area contributed by atoms with Crippen LogP contribution in [0.3, 0.4) is 0 Å². The van der Waals surface area contributed by atoms with Gasteiger partial charge in [-0.3, -0.25) is 4.79 Å². The third-order valence-corrected chi connectivity index (χ3v) is 6.45. The van der Waals surface area contributed by atoms with E-state index in [-0.39, 0.29) is 11.6 Å². The first-order valence-corrected chi connectivity index (χ1v) is 10.9. The number of aromatic nitrogens is 5. The zero-order valence-corrected chi connectivity index (χ0v) is 17.9. The normalized spacial score (nSPS) is 15.5. The van der Waals surface area contributed by atoms with Gasteiger partial charge >= 0.3 is 0 Å². The number of rotatable bonds is 5. The van der Waals surface area contributed by atoms with Crippen LogP contribution >= 0.6 is 0 Å². The van der Waals surface area contributed by atoms with E-state index >= 15 is 0 Å². The van der Waals surface area contributed by atoms with Crippen LogP contribution in [0.4, 0.5) is 0 Å². The van der Waals surface area contributed by atoms with Gasteiger partial charge in [0.25, 0.3) is 5.56 Å². The lowest BCUT2D eigenvalue weighted by atomic mass is 10.0. The van der Waals surface area contributed by atoms with Gasteiger partial charge in [0.05, 0.1) is 25.2 Å². The van der Waals surface area contributed by atoms with Crippen molar-refractivity contribution in [2.24, 2.45) is 0 Å². The molecule has 2 aromatic heterocycles. The minimum atomic E-state index is -0.198. The molecule has 0 radical (unpaired) electrons. The number of fused-ring (bicyclic) bond motifs is 1. The molecule has 1 aliphatic heterocycles. The van der Waals surface area contributed by atoms with Crippen LogP contribution in [0.1, 0.15) is 47.0 Å². The monoisotopic (exact) mass is 415 g/mol. The number of nitrogens with zero attached hydrogens (tertiary/aromatic N) is 4. The van der Waals surface area contributed by atoms with Crippen molar-refractivity contribution in [2.45, 2.75) is 39.3 Å². The van der Waals surface area contributed by atoms with Gasteiger partial charge in [0.2, 0.25) is 5.82 Å². The van der Waals surface area contributed by atoms with E-state index in [1.807, 2.05) is 35.0 Å². The Hall–Kier alpha value is -3.32. The Morgan fingerprint density at radius 1 is 1.06 bits per heavy atom. The van der Waals surface area contributed by atoms with Crippen LogP contribution in [0.15, 0.2) is 53.3 Å². The van der Waals surface area contributed by atoms with E-state index in [1.165, 1.54) is 16.0 Å². The molecule has 0 saturated carbocycles. The predicted octanol–water partition coefficient (Wildman–Crippen LogP) is 1.95. The fraction of sp³-hybridized carbons (Fsp3) is 0.333. The number of aromatic amines is 1. The van der Waals surface area contributed by atoms with Crippen molar-refractivity contribution in [3.63, 3.8) is 0 Å². The standard InChI is InChI=1S/C24H26N6O/c1-16-12-19-14-20(24(31)25-21(19)13-17(16)2)22(29-10-6-7-11-29)23-26-27-28-30(23)15-18-8-4-3-5-9-18/h3-5,8-9,12-14,22H,6-7,10-11,15H2,1-2H3,(H,25,31)/p+1/t22-/m1/s1. The summed E-state index contributed by atoms with van der Waals surface area (Å²) in [4.78, 5) is 17.7. The highest BCUT2D eigenvalue weighted by Gasteiger charge is 2.35. The minimum absolute atomic E-state index is 0.0607. The van der Waals surface area contributed by atoms with Crippen molar-refractivity contribution in [1.29, 1.82) is 0 Å². The Morgan fingerprint density at radius 3 is 2.58 bits per heavy atom. The summed E-state index contributed by atoms with van der Waals surface area (Å²) < 4.78 is 1.84. The number of quaternary nitrogens is 1. The first-order chi connectivity index (χ1) is 15.1. The molecule has 1 fully saturated rings. The molecule has 1 saturated heterocycles. The van der Waals surface area contributed by atoms with Gasteiger partial charge < -0.3 is 9.88 Å². The summed E-state index contributed by atoms with van der Waals surface area (Å²) in [5.41, 5.74) is 5.06. The molecule has 4 aromatic rings. The number of H-pyrrole nitrogens is 1. The molecule has 1 aliphatic rings. The largest absolute Gasteiger partial charge is 0.322 e. The highest BCUT2D eigenvalue weighted by Crippen LogP contribution is 2.22. The number of pyridine rings is 1. The molecule has 0 aliphatic carbocycles. The maximum atomic E-state index is 13.2. The maximum Gasteiger partial charge on any atom is 0.258 e. The molecule has 0 unspecified atom stereocenters. The number of hydrogen-bond acceptors (Lipinski definition) is 4. The van der Waals surface area contributed by atoms with Crippen LogP contribution < -0.4 is 10.5 Å². The van der Waals surface area contributed by atoms with Crippen LogP contribution in [-0.2, 0) is 6.54 Å². The third kappa shape index (κ3) is 3.77. The predicted molar refractivity (Wildman–Crippen MR) is 119 cm³/mol. The second-order valence-corrected chi connectivity index (χ2v) is 8.56. The van der Waals surface area contributed by atoms with Gasteiger partial charge in [0.1, 0.15) is 0 Å². The summed E-state index contributed by atoms with van der Waals surface area (Å²) in [5.74, 6) is 0.745. The molecule has 0 bridgehead atoms. The van der Waals surface area contributed by atoms with Crippen molar-refractivity contribution >= 4 is 10.9 Å². The molecule has 31 heavy (non-hydrogen) atoms. The van der Waals surface area contributed by atoms with Gasteiger partial charge in [-0.2, -0.15) is 0 Å². The lowest BCUT2D eigenvalue weighted by molar-refractivity contribution is -0.914. The fourth-order valence-electron chi connectivity index (χ4n) is 4.65.